The minimum Gasteiger partial charge on any atom is -0.457 e. The van der Waals surface area contributed by atoms with Crippen LogP contribution in [0.2, 0.25) is 0 Å². The van der Waals surface area contributed by atoms with Crippen molar-refractivity contribution < 1.29 is 12.8 Å². The van der Waals surface area contributed by atoms with Crippen LogP contribution in [-0.2, 0) is 10.0 Å². The van der Waals surface area contributed by atoms with Crippen molar-refractivity contribution in [2.24, 2.45) is 0 Å². The molecule has 1 heterocycles. The topological polar surface area (TPSA) is 50.5 Å². The Morgan fingerprint density at radius 3 is 2.33 bits per heavy atom. The smallest absolute Gasteiger partial charge is 0.263 e. The fourth-order valence-electron chi connectivity index (χ4n) is 2.54. The molecule has 3 rings (SSSR count). The van der Waals surface area contributed by atoms with Crippen molar-refractivity contribution in [3.05, 3.63) is 64.2 Å². The van der Waals surface area contributed by atoms with Crippen LogP contribution in [0, 0.1) is 13.8 Å². The molecule has 0 spiro atoms. The van der Waals surface area contributed by atoms with Gasteiger partial charge in [-0.1, -0.05) is 36.4 Å². The Labute approximate surface area is 141 Å². The van der Waals surface area contributed by atoms with Gasteiger partial charge in [-0.2, -0.15) is 0 Å². The molecule has 24 heavy (non-hydrogen) atoms. The second-order valence-corrected chi connectivity index (χ2v) is 7.90. The van der Waals surface area contributed by atoms with Crippen LogP contribution in [0.25, 0.3) is 23.7 Å². The zero-order valence-corrected chi connectivity index (χ0v) is 14.7. The Balaban J connectivity index is 2.13. The van der Waals surface area contributed by atoms with Crippen molar-refractivity contribution in [2.75, 3.05) is 7.05 Å². The summed E-state index contributed by atoms with van der Waals surface area (Å²) in [5.41, 5.74) is 3.23. The maximum absolute atomic E-state index is 12.7. The number of rotatable bonds is 3. The van der Waals surface area contributed by atoms with E-state index in [1.807, 2.05) is 32.0 Å². The van der Waals surface area contributed by atoms with E-state index in [0.717, 1.165) is 16.5 Å². The van der Waals surface area contributed by atoms with Crippen LogP contribution < -0.4 is 10.6 Å². The van der Waals surface area contributed by atoms with Crippen LogP contribution in [0.3, 0.4) is 0 Å². The number of sulfonamides is 1. The third-order valence-electron chi connectivity index (χ3n) is 3.97. The third kappa shape index (κ3) is 2.83. The maximum Gasteiger partial charge on any atom is 0.263 e. The predicted octanol–water partition coefficient (Wildman–Crippen LogP) is 2.52. The lowest BCUT2D eigenvalue weighted by atomic mass is 10.2. The summed E-state index contributed by atoms with van der Waals surface area (Å²) in [5, 5.41) is 1.51. The number of nitrogens with zero attached hydrogens (tertiary/aromatic N) is 1. The molecule has 2 aromatic carbocycles. The molecule has 4 nitrogen and oxygen atoms in total. The van der Waals surface area contributed by atoms with Gasteiger partial charge in [-0.15, -0.1) is 0 Å². The molecule has 0 aliphatic heterocycles. The molecule has 3 aromatic rings. The van der Waals surface area contributed by atoms with Gasteiger partial charge in [0.1, 0.15) is 11.0 Å². The highest BCUT2D eigenvalue weighted by atomic mass is 32.2. The Bertz CT molecular complexity index is 1110. The summed E-state index contributed by atoms with van der Waals surface area (Å²) in [7, 11) is -2.10. The second-order valence-electron chi connectivity index (χ2n) is 5.90. The quantitative estimate of drug-likeness (QED) is 0.735. The van der Waals surface area contributed by atoms with Crippen molar-refractivity contribution in [2.45, 2.75) is 18.7 Å². The lowest BCUT2D eigenvalue weighted by Gasteiger charge is -2.14. The van der Waals surface area contributed by atoms with E-state index in [0.29, 0.717) is 16.2 Å². The van der Waals surface area contributed by atoms with E-state index in [2.05, 4.69) is 6.58 Å². The summed E-state index contributed by atoms with van der Waals surface area (Å²) in [5.74, 6) is 0. The van der Waals surface area contributed by atoms with Gasteiger partial charge in [0.15, 0.2) is 0 Å². The highest BCUT2D eigenvalue weighted by Gasteiger charge is 2.18. The Morgan fingerprint density at radius 1 is 1.04 bits per heavy atom. The predicted molar refractivity (Wildman–Crippen MR) is 96.3 cm³/mol. The first-order chi connectivity index (χ1) is 11.3. The molecule has 0 amide bonds. The molecular weight excluding hydrogens is 322 g/mol. The fourth-order valence-corrected chi connectivity index (χ4v) is 3.60. The van der Waals surface area contributed by atoms with Crippen LogP contribution in [0.5, 0.6) is 0 Å². The summed E-state index contributed by atoms with van der Waals surface area (Å²) in [6.07, 6.45) is 1.55. The molecule has 1 aromatic heterocycles. The Morgan fingerprint density at radius 2 is 1.67 bits per heavy atom. The van der Waals surface area contributed by atoms with Crippen molar-refractivity contribution in [3.8, 4) is 0 Å². The molecule has 0 radical (unpaired) electrons. The van der Waals surface area contributed by atoms with E-state index in [1.165, 1.54) is 11.4 Å². The lowest BCUT2D eigenvalue weighted by Crippen LogP contribution is -2.28. The maximum atomic E-state index is 12.7. The van der Waals surface area contributed by atoms with E-state index in [9.17, 15) is 8.42 Å². The summed E-state index contributed by atoms with van der Waals surface area (Å²) < 4.78 is 32.3. The van der Waals surface area contributed by atoms with Crippen LogP contribution in [-0.4, -0.2) is 19.8 Å². The molecule has 0 bridgehead atoms. The van der Waals surface area contributed by atoms with Gasteiger partial charge in [0, 0.05) is 23.9 Å². The number of benzene rings is 2. The van der Waals surface area contributed by atoms with Crippen LogP contribution in [0.4, 0.5) is 0 Å². The zero-order valence-electron chi connectivity index (χ0n) is 13.9. The van der Waals surface area contributed by atoms with Crippen molar-refractivity contribution in [1.82, 2.24) is 4.31 Å². The largest absolute Gasteiger partial charge is 0.457 e. The molecule has 0 unspecified atom stereocenters. The van der Waals surface area contributed by atoms with Crippen molar-refractivity contribution >= 4 is 33.8 Å². The molecular formula is C19H19NO3S. The minimum atomic E-state index is -3.62. The second kappa shape index (κ2) is 5.83. The van der Waals surface area contributed by atoms with Crippen LogP contribution in [0.1, 0.15) is 11.1 Å². The minimum absolute atomic E-state index is 0.251. The summed E-state index contributed by atoms with van der Waals surface area (Å²) in [6.45, 7) is 7.78. The first kappa shape index (κ1) is 16.3. The van der Waals surface area contributed by atoms with E-state index in [-0.39, 0.29) is 4.90 Å². The van der Waals surface area contributed by atoms with E-state index < -0.39 is 10.0 Å². The average Bonchev–Trinajstić information content (AvgIpc) is 2.82. The molecule has 0 atom stereocenters. The summed E-state index contributed by atoms with van der Waals surface area (Å²) in [6, 6.07) is 12.6. The van der Waals surface area contributed by atoms with Crippen LogP contribution in [0.15, 0.2) is 51.8 Å². The van der Waals surface area contributed by atoms with Gasteiger partial charge in [0.25, 0.3) is 10.0 Å². The van der Waals surface area contributed by atoms with Gasteiger partial charge in [-0.05, 0) is 37.6 Å². The third-order valence-corrected chi connectivity index (χ3v) is 5.70. The number of aryl methyl sites for hydroxylation is 2. The molecule has 124 valence electrons. The molecule has 0 saturated carbocycles. The molecule has 0 saturated heterocycles. The van der Waals surface area contributed by atoms with Gasteiger partial charge in [0.05, 0.1) is 4.90 Å². The zero-order chi connectivity index (χ0) is 17.5. The van der Waals surface area contributed by atoms with Crippen LogP contribution >= 0.6 is 0 Å². The van der Waals surface area contributed by atoms with Gasteiger partial charge in [0.2, 0.25) is 0 Å². The average molecular weight is 341 g/mol. The summed E-state index contributed by atoms with van der Waals surface area (Å²) in [4.78, 5) is 0.251. The van der Waals surface area contributed by atoms with Gasteiger partial charge in [-0.3, -0.25) is 4.31 Å². The van der Waals surface area contributed by atoms with Crippen molar-refractivity contribution in [3.63, 3.8) is 0 Å². The first-order valence-corrected chi connectivity index (χ1v) is 8.98. The fraction of sp³-hybridized carbons (Fsp3) is 0.158. The standard InChI is InChI=1S/C19H19NO3S/c1-13-5-8-16(9-6-13)24(21,22)20(4)12-18-15(3)23-19-11-14(2)7-10-17(18)19/h5-12H,3H2,1-2,4H3/b18-12+. The normalized spacial score (nSPS) is 12.7. The molecule has 0 aliphatic rings. The van der Waals surface area contributed by atoms with E-state index >= 15 is 0 Å². The first-order valence-electron chi connectivity index (χ1n) is 7.54. The Hall–Kier alpha value is -2.53. The van der Waals surface area contributed by atoms with Gasteiger partial charge in [-0.25, -0.2) is 8.42 Å². The lowest BCUT2D eigenvalue weighted by molar-refractivity contribution is 0.549. The van der Waals surface area contributed by atoms with Crippen molar-refractivity contribution in [1.29, 1.82) is 0 Å². The molecule has 5 heteroatoms. The SMILES string of the molecule is C=c1oc2cc(C)ccc2/c1=C/N(C)S(=O)(=O)c1ccc(C)cc1. The number of hydrogen-bond acceptors (Lipinski definition) is 3. The highest BCUT2D eigenvalue weighted by Crippen LogP contribution is 2.16. The number of furan rings is 1. The van der Waals surface area contributed by atoms with E-state index in [4.69, 9.17) is 4.42 Å². The monoisotopic (exact) mass is 341 g/mol. The molecule has 0 N–H and O–H groups in total. The Kier molecular flexibility index (Phi) is 3.97. The number of hydrogen-bond donors (Lipinski definition) is 0. The van der Waals surface area contributed by atoms with Gasteiger partial charge >= 0.3 is 0 Å². The molecule has 0 fully saturated rings. The van der Waals surface area contributed by atoms with Gasteiger partial charge < -0.3 is 4.42 Å². The number of fused-ring (bicyclic) bond motifs is 1. The summed E-state index contributed by atoms with van der Waals surface area (Å²) >= 11 is 0. The van der Waals surface area contributed by atoms with E-state index in [1.54, 1.807) is 30.5 Å². The highest BCUT2D eigenvalue weighted by molar-refractivity contribution is 7.89. The molecule has 0 aliphatic carbocycles.